The molecule has 0 saturated carbocycles. The fraction of sp³-hybridized carbons (Fsp3) is 0.0357. The number of imidazole rings is 1. The maximum absolute atomic E-state index is 11.1. The van der Waals surface area contributed by atoms with Crippen molar-refractivity contribution in [3.8, 4) is 11.3 Å². The Morgan fingerprint density at radius 3 is 1.84 bits per heavy atom. The fourth-order valence-corrected chi connectivity index (χ4v) is 3.43. The lowest BCUT2D eigenvalue weighted by molar-refractivity contribution is 0.0686. The highest BCUT2D eigenvalue weighted by molar-refractivity contribution is 9.09. The number of nitrogen functional groups attached to an aromatic ring is 1. The van der Waals surface area contributed by atoms with E-state index in [1.165, 1.54) is 24.3 Å². The second-order valence-corrected chi connectivity index (χ2v) is 8.23. The molecule has 0 aliphatic carbocycles. The molecule has 4 N–H and O–H groups in total. The van der Waals surface area contributed by atoms with Gasteiger partial charge >= 0.3 is 11.9 Å². The molecular weight excluding hydrogens is 552 g/mol. The van der Waals surface area contributed by atoms with Crippen molar-refractivity contribution < 1.29 is 24.6 Å². The summed E-state index contributed by atoms with van der Waals surface area (Å²) < 4.78 is 1.93. The highest BCUT2D eigenvalue weighted by Gasteiger charge is 2.07. The van der Waals surface area contributed by atoms with Gasteiger partial charge in [-0.2, -0.15) is 0 Å². The Labute approximate surface area is 226 Å². The number of anilines is 1. The molecule has 0 fully saturated rings. The Bertz CT molecular complexity index is 1490. The number of hydrogen-bond donors (Lipinski definition) is 3. The van der Waals surface area contributed by atoms with E-state index in [2.05, 4.69) is 25.9 Å². The number of nitrogens with two attached hydrogens (primary N) is 1. The van der Waals surface area contributed by atoms with Gasteiger partial charge in [-0.05, 0) is 48.5 Å². The number of aromatic carboxylic acids is 2. The average Bonchev–Trinajstić information content (AvgIpc) is 3.38. The average molecular weight is 575 g/mol. The first-order chi connectivity index (χ1) is 18.3. The lowest BCUT2D eigenvalue weighted by atomic mass is 10.1. The normalized spacial score (nSPS) is 9.92. The van der Waals surface area contributed by atoms with Crippen molar-refractivity contribution in [3.05, 3.63) is 120 Å². The number of rotatable bonds is 5. The van der Waals surface area contributed by atoms with E-state index in [9.17, 15) is 14.4 Å². The number of ketones is 1. The van der Waals surface area contributed by atoms with Crippen LogP contribution in [0.25, 0.3) is 16.9 Å². The maximum atomic E-state index is 11.1. The predicted octanol–water partition coefficient (Wildman–Crippen LogP) is 5.33. The summed E-state index contributed by atoms with van der Waals surface area (Å²) in [4.78, 5) is 40.6. The van der Waals surface area contributed by atoms with Crippen molar-refractivity contribution >= 4 is 45.1 Å². The molecule has 9 nitrogen and oxygen atoms in total. The largest absolute Gasteiger partial charge is 0.478 e. The van der Waals surface area contributed by atoms with Gasteiger partial charge < -0.3 is 20.3 Å². The lowest BCUT2D eigenvalue weighted by Gasteiger charge is -1.97. The fourth-order valence-electron chi connectivity index (χ4n) is 3.11. The third-order valence-corrected chi connectivity index (χ3v) is 5.56. The van der Waals surface area contributed by atoms with Gasteiger partial charge in [-0.1, -0.05) is 52.3 Å². The zero-order valence-electron chi connectivity index (χ0n) is 19.9. The number of nitrogens with zero attached hydrogens (tertiary/aromatic N) is 3. The molecule has 0 atom stereocenters. The zero-order valence-corrected chi connectivity index (χ0v) is 21.5. The Hall–Kier alpha value is -4.83. The number of aromatic nitrogens is 3. The number of Topliss-reactive ketones (excluding diaryl/α,β-unsaturated/α-hetero) is 1. The van der Waals surface area contributed by atoms with E-state index in [0.29, 0.717) is 11.4 Å². The number of pyridine rings is 2. The number of alkyl halides is 1. The van der Waals surface area contributed by atoms with Crippen molar-refractivity contribution in [1.29, 1.82) is 0 Å². The number of benzene rings is 2. The molecule has 0 amide bonds. The van der Waals surface area contributed by atoms with Gasteiger partial charge in [0, 0.05) is 29.7 Å². The van der Waals surface area contributed by atoms with Gasteiger partial charge in [0.2, 0.25) is 0 Å². The number of carboxylic acids is 2. The zero-order chi connectivity index (χ0) is 27.5. The molecule has 5 rings (SSSR count). The van der Waals surface area contributed by atoms with Crippen molar-refractivity contribution in [1.82, 2.24) is 14.4 Å². The number of carbonyl (C=O) groups excluding carboxylic acids is 1. The Morgan fingerprint density at radius 2 is 1.37 bits per heavy atom. The molecule has 0 unspecified atom stereocenters. The van der Waals surface area contributed by atoms with Crippen molar-refractivity contribution in [2.45, 2.75) is 0 Å². The van der Waals surface area contributed by atoms with Crippen LogP contribution in [0.1, 0.15) is 31.1 Å². The molecule has 10 heteroatoms. The molecule has 0 bridgehead atoms. The molecule has 38 heavy (non-hydrogen) atoms. The van der Waals surface area contributed by atoms with Crippen molar-refractivity contribution in [2.75, 3.05) is 11.1 Å². The summed E-state index contributed by atoms with van der Waals surface area (Å²) in [5, 5.41) is 17.7. The van der Waals surface area contributed by atoms with Crippen LogP contribution in [-0.4, -0.2) is 47.6 Å². The van der Waals surface area contributed by atoms with E-state index in [4.69, 9.17) is 15.9 Å². The molecule has 5 aromatic rings. The Morgan fingerprint density at radius 1 is 0.789 bits per heavy atom. The standard InChI is InChI=1S/C14H10N2O2.C9H7BrO3.C5H6N2/c17-14(18)11-6-4-10(5-7-11)12-9-16-8-2-1-3-13(16)15-12;10-5-8(11)6-1-3-7(4-2-6)9(12)13;6-5-3-1-2-4-7-5/h1-9H,(H,17,18);1-4H,5H2,(H,12,13);1-4H,(H2,6,7). The number of carboxylic acid groups (broad SMARTS) is 2. The molecule has 2 aromatic carbocycles. The first-order valence-electron chi connectivity index (χ1n) is 11.1. The summed E-state index contributed by atoms with van der Waals surface area (Å²) in [6, 6.07) is 23.8. The van der Waals surface area contributed by atoms with Crippen molar-refractivity contribution in [3.63, 3.8) is 0 Å². The third-order valence-electron chi connectivity index (χ3n) is 5.05. The molecule has 0 aliphatic heterocycles. The highest BCUT2D eigenvalue weighted by Crippen LogP contribution is 2.19. The minimum absolute atomic E-state index is 0.0584. The summed E-state index contributed by atoms with van der Waals surface area (Å²) in [6.07, 6.45) is 5.51. The van der Waals surface area contributed by atoms with E-state index in [1.54, 1.807) is 36.5 Å². The Balaban J connectivity index is 0.000000175. The van der Waals surface area contributed by atoms with Gasteiger partial charge in [0.1, 0.15) is 11.5 Å². The van der Waals surface area contributed by atoms with E-state index >= 15 is 0 Å². The summed E-state index contributed by atoms with van der Waals surface area (Å²) >= 11 is 3.03. The molecule has 0 aliphatic rings. The third kappa shape index (κ3) is 7.84. The highest BCUT2D eigenvalue weighted by atomic mass is 79.9. The van der Waals surface area contributed by atoms with Gasteiger partial charge in [-0.15, -0.1) is 0 Å². The smallest absolute Gasteiger partial charge is 0.335 e. The van der Waals surface area contributed by atoms with Crippen LogP contribution in [0.5, 0.6) is 0 Å². The van der Waals surface area contributed by atoms with Crippen LogP contribution in [0.2, 0.25) is 0 Å². The first kappa shape index (κ1) is 27.8. The minimum Gasteiger partial charge on any atom is -0.478 e. The van der Waals surface area contributed by atoms with Crippen LogP contribution >= 0.6 is 15.9 Å². The lowest BCUT2D eigenvalue weighted by Crippen LogP contribution is -2.01. The molecule has 3 aromatic heterocycles. The number of carbonyl (C=O) groups is 3. The SMILES string of the molecule is Nc1ccccn1.O=C(O)c1ccc(-c2cn3ccccc3n2)cc1.O=C(O)c1ccc(C(=O)CBr)cc1. The van der Waals surface area contributed by atoms with Crippen LogP contribution in [0, 0.1) is 0 Å². The van der Waals surface area contributed by atoms with Gasteiger partial charge in [-0.3, -0.25) is 4.79 Å². The summed E-state index contributed by atoms with van der Waals surface area (Å²) in [5.74, 6) is -1.39. The van der Waals surface area contributed by atoms with E-state index in [1.807, 2.05) is 47.1 Å². The number of fused-ring (bicyclic) bond motifs is 1. The Kier molecular flexibility index (Phi) is 9.84. The summed E-state index contributed by atoms with van der Waals surface area (Å²) in [5.41, 5.74) is 8.84. The van der Waals surface area contributed by atoms with Crippen molar-refractivity contribution in [2.24, 2.45) is 0 Å². The van der Waals surface area contributed by atoms with Crippen LogP contribution in [0.3, 0.4) is 0 Å². The number of halogens is 1. The first-order valence-corrected chi connectivity index (χ1v) is 12.3. The summed E-state index contributed by atoms with van der Waals surface area (Å²) in [7, 11) is 0. The molecule has 192 valence electrons. The molecular formula is C28H23BrN4O5. The second-order valence-electron chi connectivity index (χ2n) is 7.67. The summed E-state index contributed by atoms with van der Waals surface area (Å²) in [6.45, 7) is 0. The molecule has 0 spiro atoms. The second kappa shape index (κ2) is 13.5. The van der Waals surface area contributed by atoms with Crippen LogP contribution in [0.4, 0.5) is 5.82 Å². The molecule has 0 saturated heterocycles. The van der Waals surface area contributed by atoms with Crippen LogP contribution in [0.15, 0.2) is 104 Å². The monoisotopic (exact) mass is 574 g/mol. The quantitative estimate of drug-likeness (QED) is 0.188. The van der Waals surface area contributed by atoms with Crippen LogP contribution in [-0.2, 0) is 0 Å². The van der Waals surface area contributed by atoms with Gasteiger partial charge in [0.25, 0.3) is 0 Å². The van der Waals surface area contributed by atoms with E-state index in [0.717, 1.165) is 16.9 Å². The predicted molar refractivity (Wildman–Crippen MR) is 148 cm³/mol. The minimum atomic E-state index is -0.988. The van der Waals surface area contributed by atoms with Gasteiger partial charge in [-0.25, -0.2) is 19.6 Å². The molecule has 0 radical (unpaired) electrons. The van der Waals surface area contributed by atoms with E-state index < -0.39 is 11.9 Å². The number of hydrogen-bond acceptors (Lipinski definition) is 6. The van der Waals surface area contributed by atoms with Gasteiger partial charge in [0.15, 0.2) is 5.78 Å². The maximum Gasteiger partial charge on any atom is 0.335 e. The topological polar surface area (TPSA) is 148 Å². The van der Waals surface area contributed by atoms with Crippen LogP contribution < -0.4 is 5.73 Å². The van der Waals surface area contributed by atoms with E-state index in [-0.39, 0.29) is 22.2 Å². The van der Waals surface area contributed by atoms with Gasteiger partial charge in [0.05, 0.1) is 22.2 Å². The molecule has 3 heterocycles.